The molecular formula is C13H18BrNO2. The van der Waals surface area contributed by atoms with Crippen LogP contribution in [0.1, 0.15) is 26.3 Å². The number of halogens is 1. The largest absolute Gasteiger partial charge is 0.444 e. The van der Waals surface area contributed by atoms with Crippen LogP contribution in [-0.4, -0.2) is 22.0 Å². The zero-order chi connectivity index (χ0) is 12.9. The maximum Gasteiger partial charge on any atom is 0.411 e. The second-order valence-corrected chi connectivity index (χ2v) is 5.28. The van der Waals surface area contributed by atoms with Gasteiger partial charge in [0.15, 0.2) is 0 Å². The Bertz CT molecular complexity index is 359. The zero-order valence-electron chi connectivity index (χ0n) is 10.4. The van der Waals surface area contributed by atoms with Crippen molar-refractivity contribution in [1.29, 1.82) is 0 Å². The van der Waals surface area contributed by atoms with E-state index in [0.717, 1.165) is 5.56 Å². The molecule has 4 heteroatoms. The van der Waals surface area contributed by atoms with Gasteiger partial charge in [-0.3, -0.25) is 4.90 Å². The van der Waals surface area contributed by atoms with E-state index in [9.17, 15) is 4.79 Å². The number of benzene rings is 1. The van der Waals surface area contributed by atoms with E-state index in [1.54, 1.807) is 4.90 Å². The number of nitrogens with zero attached hydrogens (tertiary/aromatic N) is 1. The third-order valence-corrected chi connectivity index (χ3v) is 2.62. The minimum atomic E-state index is -0.464. The van der Waals surface area contributed by atoms with Gasteiger partial charge in [0, 0.05) is 6.54 Å². The predicted molar refractivity (Wildman–Crippen MR) is 72.0 cm³/mol. The average molecular weight is 300 g/mol. The summed E-state index contributed by atoms with van der Waals surface area (Å²) in [5.41, 5.74) is 1.07. The monoisotopic (exact) mass is 299 g/mol. The van der Waals surface area contributed by atoms with Crippen molar-refractivity contribution in [2.75, 3.05) is 5.45 Å². The highest BCUT2D eigenvalue weighted by Gasteiger charge is 2.21. The molecule has 1 rings (SSSR count). The molecule has 0 aliphatic heterocycles. The Labute approximate surface area is 111 Å². The first-order valence-electron chi connectivity index (χ1n) is 5.50. The van der Waals surface area contributed by atoms with Crippen molar-refractivity contribution in [3.05, 3.63) is 35.9 Å². The first kappa shape index (κ1) is 14.0. The summed E-state index contributed by atoms with van der Waals surface area (Å²) in [5, 5.41) is 0. The van der Waals surface area contributed by atoms with Crippen LogP contribution in [0.3, 0.4) is 0 Å². The van der Waals surface area contributed by atoms with Crippen molar-refractivity contribution >= 4 is 22.0 Å². The van der Waals surface area contributed by atoms with E-state index in [-0.39, 0.29) is 6.09 Å². The fourth-order valence-corrected chi connectivity index (χ4v) is 1.67. The Kier molecular flexibility index (Phi) is 5.00. The normalized spacial score (nSPS) is 11.1. The van der Waals surface area contributed by atoms with Crippen LogP contribution in [0.5, 0.6) is 0 Å². The Balaban J connectivity index is 2.63. The summed E-state index contributed by atoms with van der Waals surface area (Å²) < 4.78 is 5.32. The molecule has 94 valence electrons. The van der Waals surface area contributed by atoms with Crippen LogP contribution in [-0.2, 0) is 11.3 Å². The van der Waals surface area contributed by atoms with E-state index < -0.39 is 5.60 Å². The molecule has 1 amide bonds. The zero-order valence-corrected chi connectivity index (χ0v) is 12.0. The number of hydrogen-bond acceptors (Lipinski definition) is 2. The van der Waals surface area contributed by atoms with E-state index >= 15 is 0 Å². The van der Waals surface area contributed by atoms with E-state index in [1.807, 2.05) is 51.1 Å². The summed E-state index contributed by atoms with van der Waals surface area (Å²) in [6, 6.07) is 9.84. The minimum Gasteiger partial charge on any atom is -0.444 e. The second-order valence-electron chi connectivity index (χ2n) is 4.78. The van der Waals surface area contributed by atoms with Gasteiger partial charge in [-0.25, -0.2) is 4.79 Å². The van der Waals surface area contributed by atoms with Crippen LogP contribution >= 0.6 is 15.9 Å². The maximum absolute atomic E-state index is 11.9. The van der Waals surface area contributed by atoms with Crippen molar-refractivity contribution in [2.45, 2.75) is 32.9 Å². The van der Waals surface area contributed by atoms with Gasteiger partial charge in [0.05, 0.1) is 5.45 Å². The lowest BCUT2D eigenvalue weighted by atomic mass is 10.2. The number of rotatable bonds is 3. The highest BCUT2D eigenvalue weighted by atomic mass is 79.9. The summed E-state index contributed by atoms with van der Waals surface area (Å²) in [7, 11) is 0. The van der Waals surface area contributed by atoms with Crippen LogP contribution in [0.25, 0.3) is 0 Å². The molecule has 0 unspecified atom stereocenters. The number of carbonyl (C=O) groups is 1. The Morgan fingerprint density at radius 3 is 2.35 bits per heavy atom. The topological polar surface area (TPSA) is 29.5 Å². The van der Waals surface area contributed by atoms with Gasteiger partial charge in [-0.15, -0.1) is 0 Å². The summed E-state index contributed by atoms with van der Waals surface area (Å²) in [4.78, 5) is 13.5. The van der Waals surface area contributed by atoms with Crippen molar-refractivity contribution in [3.63, 3.8) is 0 Å². The molecule has 1 aromatic rings. The van der Waals surface area contributed by atoms with Gasteiger partial charge in [-0.1, -0.05) is 46.3 Å². The number of amides is 1. The van der Waals surface area contributed by atoms with E-state index in [2.05, 4.69) is 15.9 Å². The summed E-state index contributed by atoms with van der Waals surface area (Å²) in [5.74, 6) is 0. The molecule has 0 atom stereocenters. The second kappa shape index (κ2) is 6.05. The van der Waals surface area contributed by atoms with E-state index in [1.165, 1.54) is 0 Å². The third-order valence-electron chi connectivity index (χ3n) is 2.01. The molecule has 0 aromatic heterocycles. The van der Waals surface area contributed by atoms with Gasteiger partial charge in [0.1, 0.15) is 5.60 Å². The fraction of sp³-hybridized carbons (Fsp3) is 0.462. The predicted octanol–water partition coefficient (Wildman–Crippen LogP) is 3.78. The average Bonchev–Trinajstić information content (AvgIpc) is 2.24. The third kappa shape index (κ3) is 5.22. The number of ether oxygens (including phenoxy) is 1. The smallest absolute Gasteiger partial charge is 0.411 e. The molecule has 0 radical (unpaired) electrons. The van der Waals surface area contributed by atoms with Gasteiger partial charge in [-0.05, 0) is 26.3 Å². The van der Waals surface area contributed by atoms with Gasteiger partial charge in [-0.2, -0.15) is 0 Å². The standard InChI is InChI=1S/C13H18BrNO2/c1-13(2,3)17-12(16)15(10-14)9-11-7-5-4-6-8-11/h4-8H,9-10H2,1-3H3. The molecule has 0 N–H and O–H groups in total. The van der Waals surface area contributed by atoms with Crippen molar-refractivity contribution in [2.24, 2.45) is 0 Å². The molecule has 0 bridgehead atoms. The molecule has 0 spiro atoms. The molecule has 0 aliphatic rings. The summed E-state index contributed by atoms with van der Waals surface area (Å²) in [6.07, 6.45) is -0.307. The molecule has 17 heavy (non-hydrogen) atoms. The first-order valence-corrected chi connectivity index (χ1v) is 6.62. The molecule has 1 aromatic carbocycles. The molecule has 0 fully saturated rings. The number of carbonyl (C=O) groups excluding carboxylic acids is 1. The van der Waals surface area contributed by atoms with E-state index in [4.69, 9.17) is 4.74 Å². The van der Waals surface area contributed by atoms with E-state index in [0.29, 0.717) is 12.0 Å². The number of alkyl halides is 1. The van der Waals surface area contributed by atoms with Gasteiger partial charge in [0.25, 0.3) is 0 Å². The van der Waals surface area contributed by atoms with Crippen molar-refractivity contribution in [3.8, 4) is 0 Å². The van der Waals surface area contributed by atoms with Crippen LogP contribution < -0.4 is 0 Å². The molecule has 3 nitrogen and oxygen atoms in total. The summed E-state index contributed by atoms with van der Waals surface area (Å²) in [6.45, 7) is 6.13. The van der Waals surface area contributed by atoms with Crippen LogP contribution in [0.2, 0.25) is 0 Å². The van der Waals surface area contributed by atoms with Crippen LogP contribution in [0.4, 0.5) is 4.79 Å². The van der Waals surface area contributed by atoms with Gasteiger partial charge in [0.2, 0.25) is 0 Å². The van der Waals surface area contributed by atoms with Gasteiger partial charge < -0.3 is 4.74 Å². The first-order chi connectivity index (χ1) is 7.92. The molecule has 0 saturated carbocycles. The van der Waals surface area contributed by atoms with Crippen LogP contribution in [0, 0.1) is 0 Å². The molecule has 0 saturated heterocycles. The molecular weight excluding hydrogens is 282 g/mol. The van der Waals surface area contributed by atoms with Crippen molar-refractivity contribution in [1.82, 2.24) is 4.90 Å². The molecule has 0 aliphatic carbocycles. The fourth-order valence-electron chi connectivity index (χ4n) is 1.29. The lowest BCUT2D eigenvalue weighted by Crippen LogP contribution is -2.35. The highest BCUT2D eigenvalue weighted by Crippen LogP contribution is 2.13. The SMILES string of the molecule is CC(C)(C)OC(=O)N(CBr)Cc1ccccc1. The quantitative estimate of drug-likeness (QED) is 0.628. The Hall–Kier alpha value is -1.03. The minimum absolute atomic E-state index is 0.307. The maximum atomic E-state index is 11.9. The Morgan fingerprint density at radius 1 is 1.29 bits per heavy atom. The Morgan fingerprint density at radius 2 is 1.88 bits per heavy atom. The number of hydrogen-bond donors (Lipinski definition) is 0. The highest BCUT2D eigenvalue weighted by molar-refractivity contribution is 9.09. The van der Waals surface area contributed by atoms with Crippen molar-refractivity contribution < 1.29 is 9.53 Å². The molecule has 0 heterocycles. The van der Waals surface area contributed by atoms with Crippen LogP contribution in [0.15, 0.2) is 30.3 Å². The lowest BCUT2D eigenvalue weighted by molar-refractivity contribution is 0.0275. The summed E-state index contributed by atoms with van der Waals surface area (Å²) >= 11 is 3.31. The lowest BCUT2D eigenvalue weighted by Gasteiger charge is -2.26. The van der Waals surface area contributed by atoms with Gasteiger partial charge >= 0.3 is 6.09 Å².